The Morgan fingerprint density at radius 1 is 0.927 bits per heavy atom. The maximum atomic E-state index is 13.4. The monoisotopic (exact) mass is 563 g/mol. The Balaban J connectivity index is 1.50. The number of carbonyl (C=O) groups excluding carboxylic acids is 2. The summed E-state index contributed by atoms with van der Waals surface area (Å²) in [6.45, 7) is 7.64. The third kappa shape index (κ3) is 8.69. The minimum Gasteiger partial charge on any atom is -0.457 e. The Morgan fingerprint density at radius 3 is 2.02 bits per heavy atom. The van der Waals surface area contributed by atoms with Gasteiger partial charge in [0.05, 0.1) is 5.60 Å². The van der Waals surface area contributed by atoms with Crippen LogP contribution in [0.2, 0.25) is 0 Å². The quantitative estimate of drug-likeness (QED) is 0.248. The molecule has 3 aromatic carbocycles. The summed E-state index contributed by atoms with van der Waals surface area (Å²) in [7, 11) is 0. The number of hydrogen-bond acceptors (Lipinski definition) is 5. The van der Waals surface area contributed by atoms with Gasteiger partial charge in [0.2, 0.25) is 0 Å². The SMILES string of the molecule is CCCNC(=O)c1ccc(Oc2cc(NC(=O)N3CCC(O)(CC(C)C)CC3)cc(Oc3ccc(F)cc3)c2)cc1. The molecule has 4 rings (SSSR count). The highest BCUT2D eigenvalue weighted by molar-refractivity contribution is 5.94. The molecule has 1 heterocycles. The van der Waals surface area contributed by atoms with Crippen molar-refractivity contribution in [2.75, 3.05) is 25.0 Å². The maximum Gasteiger partial charge on any atom is 0.321 e. The molecule has 8 nitrogen and oxygen atoms in total. The molecule has 1 saturated heterocycles. The van der Waals surface area contributed by atoms with Crippen molar-refractivity contribution in [1.29, 1.82) is 0 Å². The van der Waals surface area contributed by atoms with Gasteiger partial charge in [-0.05, 0) is 80.1 Å². The summed E-state index contributed by atoms with van der Waals surface area (Å²) in [6, 6.07) is 17.1. The second-order valence-electron chi connectivity index (χ2n) is 10.9. The summed E-state index contributed by atoms with van der Waals surface area (Å²) in [5.41, 5.74) is 0.221. The average Bonchev–Trinajstić information content (AvgIpc) is 2.93. The van der Waals surface area contributed by atoms with Crippen LogP contribution in [0.3, 0.4) is 0 Å². The molecule has 0 unspecified atom stereocenters. The van der Waals surface area contributed by atoms with Crippen LogP contribution < -0.4 is 20.1 Å². The second kappa shape index (κ2) is 13.5. The zero-order chi connectivity index (χ0) is 29.4. The Hall–Kier alpha value is -4.11. The van der Waals surface area contributed by atoms with Gasteiger partial charge in [-0.2, -0.15) is 0 Å². The fourth-order valence-electron chi connectivity index (χ4n) is 4.84. The second-order valence-corrected chi connectivity index (χ2v) is 10.9. The maximum absolute atomic E-state index is 13.4. The lowest BCUT2D eigenvalue weighted by molar-refractivity contribution is -0.0268. The van der Waals surface area contributed by atoms with E-state index in [1.54, 1.807) is 47.4 Å². The summed E-state index contributed by atoms with van der Waals surface area (Å²) in [5.74, 6) is 1.53. The normalized spacial score (nSPS) is 14.4. The highest BCUT2D eigenvalue weighted by atomic mass is 19.1. The number of halogens is 1. The largest absolute Gasteiger partial charge is 0.457 e. The lowest BCUT2D eigenvalue weighted by Gasteiger charge is -2.39. The number of aliphatic hydroxyl groups is 1. The van der Waals surface area contributed by atoms with E-state index < -0.39 is 5.60 Å². The van der Waals surface area contributed by atoms with Gasteiger partial charge in [-0.1, -0.05) is 20.8 Å². The first-order chi connectivity index (χ1) is 19.6. The van der Waals surface area contributed by atoms with E-state index in [0.29, 0.717) is 79.1 Å². The number of anilines is 1. The Morgan fingerprint density at radius 2 is 1.49 bits per heavy atom. The average molecular weight is 564 g/mol. The molecule has 9 heteroatoms. The van der Waals surface area contributed by atoms with Crippen molar-refractivity contribution >= 4 is 17.6 Å². The topological polar surface area (TPSA) is 100 Å². The number of carbonyl (C=O) groups is 2. The molecule has 0 bridgehead atoms. The third-order valence-corrected chi connectivity index (χ3v) is 6.84. The van der Waals surface area contributed by atoms with E-state index in [1.807, 2.05) is 6.92 Å². The number of hydrogen-bond donors (Lipinski definition) is 3. The van der Waals surface area contributed by atoms with Crippen LogP contribution >= 0.6 is 0 Å². The smallest absolute Gasteiger partial charge is 0.321 e. The molecule has 0 atom stereocenters. The molecule has 1 aliphatic heterocycles. The predicted molar refractivity (Wildman–Crippen MR) is 156 cm³/mol. The van der Waals surface area contributed by atoms with Crippen molar-refractivity contribution < 1.29 is 28.6 Å². The number of rotatable bonds is 10. The van der Waals surface area contributed by atoms with E-state index in [-0.39, 0.29) is 17.8 Å². The number of piperidine rings is 1. The van der Waals surface area contributed by atoms with Crippen LogP contribution in [-0.2, 0) is 0 Å². The minimum absolute atomic E-state index is 0.154. The molecule has 0 spiro atoms. The van der Waals surface area contributed by atoms with Crippen LogP contribution in [0.1, 0.15) is 56.8 Å². The zero-order valence-corrected chi connectivity index (χ0v) is 23.8. The molecular formula is C32H38FN3O5. The van der Waals surface area contributed by atoms with Crippen molar-refractivity contribution in [1.82, 2.24) is 10.2 Å². The minimum atomic E-state index is -0.749. The van der Waals surface area contributed by atoms with E-state index in [0.717, 1.165) is 6.42 Å². The van der Waals surface area contributed by atoms with Crippen molar-refractivity contribution in [3.8, 4) is 23.0 Å². The van der Waals surface area contributed by atoms with Gasteiger partial charge in [0.15, 0.2) is 0 Å². The number of nitrogens with zero attached hydrogens (tertiary/aromatic N) is 1. The van der Waals surface area contributed by atoms with E-state index in [1.165, 1.54) is 24.3 Å². The first-order valence-electron chi connectivity index (χ1n) is 14.1. The van der Waals surface area contributed by atoms with Crippen LogP contribution in [0.15, 0.2) is 66.7 Å². The zero-order valence-electron chi connectivity index (χ0n) is 23.8. The highest BCUT2D eigenvalue weighted by Gasteiger charge is 2.34. The van der Waals surface area contributed by atoms with E-state index in [2.05, 4.69) is 24.5 Å². The number of urea groups is 1. The van der Waals surface area contributed by atoms with Gasteiger partial charge in [-0.25, -0.2) is 9.18 Å². The molecule has 1 fully saturated rings. The number of nitrogens with one attached hydrogen (secondary N) is 2. The molecule has 41 heavy (non-hydrogen) atoms. The fraction of sp³-hybridized carbons (Fsp3) is 0.375. The Bertz CT molecular complexity index is 1320. The van der Waals surface area contributed by atoms with Crippen molar-refractivity contribution in [3.63, 3.8) is 0 Å². The van der Waals surface area contributed by atoms with Crippen LogP contribution in [0.5, 0.6) is 23.0 Å². The Kier molecular flexibility index (Phi) is 9.83. The molecule has 0 aromatic heterocycles. The summed E-state index contributed by atoms with van der Waals surface area (Å²) in [4.78, 5) is 27.0. The number of benzene rings is 3. The lowest BCUT2D eigenvalue weighted by Crippen LogP contribution is -2.48. The number of ether oxygens (including phenoxy) is 2. The lowest BCUT2D eigenvalue weighted by atomic mass is 9.84. The summed E-state index contributed by atoms with van der Waals surface area (Å²) >= 11 is 0. The molecule has 0 aliphatic carbocycles. The van der Waals surface area contributed by atoms with Crippen molar-refractivity contribution in [2.45, 2.75) is 52.1 Å². The van der Waals surface area contributed by atoms with Gasteiger partial charge in [-0.3, -0.25) is 4.79 Å². The summed E-state index contributed by atoms with van der Waals surface area (Å²) in [5, 5.41) is 16.6. The van der Waals surface area contributed by atoms with E-state index in [4.69, 9.17) is 9.47 Å². The van der Waals surface area contributed by atoms with Crippen molar-refractivity contribution in [3.05, 3.63) is 78.1 Å². The van der Waals surface area contributed by atoms with Crippen LogP contribution in [0, 0.1) is 11.7 Å². The fourth-order valence-corrected chi connectivity index (χ4v) is 4.84. The molecule has 0 radical (unpaired) electrons. The van der Waals surface area contributed by atoms with Gasteiger partial charge < -0.3 is 30.1 Å². The van der Waals surface area contributed by atoms with Crippen LogP contribution in [0.25, 0.3) is 0 Å². The molecule has 1 aliphatic rings. The molecule has 3 amide bonds. The number of amides is 3. The molecule has 218 valence electrons. The van der Waals surface area contributed by atoms with E-state index >= 15 is 0 Å². The van der Waals surface area contributed by atoms with Gasteiger partial charge in [-0.15, -0.1) is 0 Å². The van der Waals surface area contributed by atoms with Gasteiger partial charge in [0.1, 0.15) is 28.8 Å². The molecule has 3 N–H and O–H groups in total. The molecular weight excluding hydrogens is 525 g/mol. The first-order valence-corrected chi connectivity index (χ1v) is 14.1. The molecule has 0 saturated carbocycles. The van der Waals surface area contributed by atoms with Gasteiger partial charge in [0, 0.05) is 49.1 Å². The summed E-state index contributed by atoms with van der Waals surface area (Å²) in [6.07, 6.45) is 2.59. The van der Waals surface area contributed by atoms with Gasteiger partial charge in [0.25, 0.3) is 5.91 Å². The predicted octanol–water partition coefficient (Wildman–Crippen LogP) is 6.96. The van der Waals surface area contributed by atoms with Gasteiger partial charge >= 0.3 is 6.03 Å². The summed E-state index contributed by atoms with van der Waals surface area (Å²) < 4.78 is 25.4. The van der Waals surface area contributed by atoms with Crippen molar-refractivity contribution in [2.24, 2.45) is 5.92 Å². The van der Waals surface area contributed by atoms with E-state index in [9.17, 15) is 19.1 Å². The highest BCUT2D eigenvalue weighted by Crippen LogP contribution is 2.34. The Labute approximate surface area is 240 Å². The standard InChI is InChI=1S/C32H38FN3O5/c1-4-15-34-30(37)23-5-9-26(10-6-23)40-28-18-25(19-29(20-28)41-27-11-7-24(33)8-12-27)35-31(38)36-16-13-32(39,14-17-36)21-22(2)3/h5-12,18-20,22,39H,4,13-17,21H2,1-3H3,(H,34,37)(H,35,38). The first kappa shape index (κ1) is 29.9. The number of likely N-dealkylation sites (tertiary alicyclic amines) is 1. The van der Waals surface area contributed by atoms with Crippen LogP contribution in [0.4, 0.5) is 14.9 Å². The molecule has 3 aromatic rings. The third-order valence-electron chi connectivity index (χ3n) is 6.84. The van der Waals surface area contributed by atoms with Crippen LogP contribution in [-0.4, -0.2) is 47.2 Å².